The zero-order valence-corrected chi connectivity index (χ0v) is 11.5. The Balaban J connectivity index is 2.21. The van der Waals surface area contributed by atoms with E-state index in [2.05, 4.69) is 5.32 Å². The minimum absolute atomic E-state index is 0.0697. The van der Waals surface area contributed by atoms with Gasteiger partial charge in [0.2, 0.25) is 0 Å². The maximum atomic E-state index is 13.7. The summed E-state index contributed by atoms with van der Waals surface area (Å²) in [5, 5.41) is 12.2. The quantitative estimate of drug-likeness (QED) is 0.892. The molecule has 2 N–H and O–H groups in total. The predicted molar refractivity (Wildman–Crippen MR) is 76.9 cm³/mol. The van der Waals surface area contributed by atoms with Crippen LogP contribution in [0.5, 0.6) is 0 Å². The first-order valence-corrected chi connectivity index (χ1v) is 6.38. The van der Waals surface area contributed by atoms with Crippen molar-refractivity contribution < 1.29 is 14.3 Å². The molecule has 0 heterocycles. The number of halogens is 2. The van der Waals surface area contributed by atoms with Gasteiger partial charge in [0.25, 0.3) is 0 Å². The summed E-state index contributed by atoms with van der Waals surface area (Å²) in [6, 6.07) is 9.71. The summed E-state index contributed by atoms with van der Waals surface area (Å²) < 4.78 is 13.7. The van der Waals surface area contributed by atoms with E-state index in [0.29, 0.717) is 16.8 Å². The fourth-order valence-electron chi connectivity index (χ4n) is 1.93. The summed E-state index contributed by atoms with van der Waals surface area (Å²) in [4.78, 5) is 11.0. The highest BCUT2D eigenvalue weighted by atomic mass is 35.5. The molecule has 0 saturated heterocycles. The summed E-state index contributed by atoms with van der Waals surface area (Å²) in [7, 11) is 0. The lowest BCUT2D eigenvalue weighted by Gasteiger charge is -2.12. The molecule has 5 heteroatoms. The van der Waals surface area contributed by atoms with Crippen LogP contribution in [0.2, 0.25) is 5.02 Å². The van der Waals surface area contributed by atoms with Crippen LogP contribution in [0.25, 0.3) is 0 Å². The third-order valence-corrected chi connectivity index (χ3v) is 3.36. The average Bonchev–Trinajstić information content (AvgIpc) is 2.41. The van der Waals surface area contributed by atoms with Gasteiger partial charge >= 0.3 is 5.97 Å². The Bertz CT molecular complexity index is 658. The largest absolute Gasteiger partial charge is 0.478 e. The van der Waals surface area contributed by atoms with Gasteiger partial charge in [-0.25, -0.2) is 9.18 Å². The first-order valence-electron chi connectivity index (χ1n) is 6.00. The van der Waals surface area contributed by atoms with E-state index in [4.69, 9.17) is 16.7 Å². The van der Waals surface area contributed by atoms with Crippen LogP contribution in [0.1, 0.15) is 21.5 Å². The molecule has 0 aliphatic heterocycles. The van der Waals surface area contributed by atoms with Gasteiger partial charge in [-0.1, -0.05) is 29.8 Å². The zero-order chi connectivity index (χ0) is 14.7. The van der Waals surface area contributed by atoms with E-state index in [9.17, 15) is 9.18 Å². The topological polar surface area (TPSA) is 49.3 Å². The van der Waals surface area contributed by atoms with Gasteiger partial charge in [0.05, 0.1) is 10.6 Å². The number of nitrogens with one attached hydrogen (secondary N) is 1. The van der Waals surface area contributed by atoms with Gasteiger partial charge in [-0.2, -0.15) is 0 Å². The van der Waals surface area contributed by atoms with Crippen LogP contribution in [0, 0.1) is 12.7 Å². The standard InChI is InChI=1S/C15H13ClFNO2/c1-9-11(15(19)20)5-3-7-13(9)18-8-10-4-2-6-12(16)14(10)17/h2-7,18H,8H2,1H3,(H,19,20). The van der Waals surface area contributed by atoms with Gasteiger partial charge < -0.3 is 10.4 Å². The van der Waals surface area contributed by atoms with E-state index in [1.54, 1.807) is 31.2 Å². The fraction of sp³-hybridized carbons (Fsp3) is 0.133. The number of hydrogen-bond acceptors (Lipinski definition) is 2. The lowest BCUT2D eigenvalue weighted by molar-refractivity contribution is 0.0696. The molecule has 0 amide bonds. The Kier molecular flexibility index (Phi) is 4.25. The van der Waals surface area contributed by atoms with Gasteiger partial charge in [-0.3, -0.25) is 0 Å². The second-order valence-corrected chi connectivity index (χ2v) is 4.76. The number of hydrogen-bond donors (Lipinski definition) is 2. The molecule has 0 aliphatic rings. The Hall–Kier alpha value is -2.07. The van der Waals surface area contributed by atoms with E-state index in [1.807, 2.05) is 0 Å². The van der Waals surface area contributed by atoms with Crippen LogP contribution in [-0.2, 0) is 6.54 Å². The minimum atomic E-state index is -0.986. The number of carbonyl (C=O) groups is 1. The highest BCUT2D eigenvalue weighted by Crippen LogP contribution is 2.22. The molecular weight excluding hydrogens is 281 g/mol. The van der Waals surface area contributed by atoms with Crippen molar-refractivity contribution in [2.75, 3.05) is 5.32 Å². The molecule has 3 nitrogen and oxygen atoms in total. The lowest BCUT2D eigenvalue weighted by atomic mass is 10.1. The lowest BCUT2D eigenvalue weighted by Crippen LogP contribution is -2.06. The number of benzene rings is 2. The molecule has 0 unspecified atom stereocenters. The van der Waals surface area contributed by atoms with Gasteiger partial charge in [-0.15, -0.1) is 0 Å². The van der Waals surface area contributed by atoms with Gasteiger partial charge in [0, 0.05) is 17.8 Å². The Labute approximate surface area is 121 Å². The second kappa shape index (κ2) is 5.92. The van der Waals surface area contributed by atoms with E-state index < -0.39 is 11.8 Å². The first-order chi connectivity index (χ1) is 9.50. The molecule has 20 heavy (non-hydrogen) atoms. The Morgan fingerprint density at radius 1 is 1.30 bits per heavy atom. The summed E-state index contributed by atoms with van der Waals surface area (Å²) in [6.45, 7) is 1.94. The van der Waals surface area contributed by atoms with Crippen molar-refractivity contribution in [1.29, 1.82) is 0 Å². The van der Waals surface area contributed by atoms with Gasteiger partial charge in [0.15, 0.2) is 0 Å². The average molecular weight is 294 g/mol. The normalized spacial score (nSPS) is 10.3. The Morgan fingerprint density at radius 3 is 2.70 bits per heavy atom. The summed E-state index contributed by atoms with van der Waals surface area (Å²) in [5.74, 6) is -1.45. The maximum absolute atomic E-state index is 13.7. The number of carboxylic acids is 1. The molecule has 2 aromatic carbocycles. The highest BCUT2D eigenvalue weighted by molar-refractivity contribution is 6.30. The monoisotopic (exact) mass is 293 g/mol. The third-order valence-electron chi connectivity index (χ3n) is 3.07. The molecule has 104 valence electrons. The molecule has 0 saturated carbocycles. The molecule has 0 fully saturated rings. The molecular formula is C15H13ClFNO2. The van der Waals surface area contributed by atoms with Crippen LogP contribution in [0.3, 0.4) is 0 Å². The molecule has 2 rings (SSSR count). The van der Waals surface area contributed by atoms with Crippen molar-refractivity contribution in [3.63, 3.8) is 0 Å². The molecule has 0 aliphatic carbocycles. The molecule has 2 aromatic rings. The second-order valence-electron chi connectivity index (χ2n) is 4.35. The zero-order valence-electron chi connectivity index (χ0n) is 10.8. The van der Waals surface area contributed by atoms with Crippen molar-refractivity contribution in [2.45, 2.75) is 13.5 Å². The molecule has 0 atom stereocenters. The van der Waals surface area contributed by atoms with Crippen LogP contribution < -0.4 is 5.32 Å². The van der Waals surface area contributed by atoms with E-state index >= 15 is 0 Å². The SMILES string of the molecule is Cc1c(NCc2cccc(Cl)c2F)cccc1C(=O)O. The van der Waals surface area contributed by atoms with Crippen molar-refractivity contribution in [3.8, 4) is 0 Å². The van der Waals surface area contributed by atoms with E-state index in [-0.39, 0.29) is 17.1 Å². The number of anilines is 1. The number of rotatable bonds is 4. The van der Waals surface area contributed by atoms with Crippen LogP contribution >= 0.6 is 11.6 Å². The van der Waals surface area contributed by atoms with Crippen LogP contribution in [-0.4, -0.2) is 11.1 Å². The minimum Gasteiger partial charge on any atom is -0.478 e. The van der Waals surface area contributed by atoms with Crippen molar-refractivity contribution >= 4 is 23.3 Å². The van der Waals surface area contributed by atoms with Gasteiger partial charge in [0.1, 0.15) is 5.82 Å². The van der Waals surface area contributed by atoms with Gasteiger partial charge in [-0.05, 0) is 30.7 Å². The molecule has 0 aromatic heterocycles. The molecule has 0 bridgehead atoms. The van der Waals surface area contributed by atoms with E-state index in [1.165, 1.54) is 12.1 Å². The highest BCUT2D eigenvalue weighted by Gasteiger charge is 2.11. The number of carboxylic acid groups (broad SMARTS) is 1. The maximum Gasteiger partial charge on any atom is 0.336 e. The van der Waals surface area contributed by atoms with E-state index in [0.717, 1.165) is 0 Å². The fourth-order valence-corrected chi connectivity index (χ4v) is 2.13. The van der Waals surface area contributed by atoms with Crippen LogP contribution in [0.4, 0.5) is 10.1 Å². The predicted octanol–water partition coefficient (Wildman–Crippen LogP) is 4.10. The van der Waals surface area contributed by atoms with Crippen molar-refractivity contribution in [1.82, 2.24) is 0 Å². The summed E-state index contributed by atoms with van der Waals surface area (Å²) in [6.07, 6.45) is 0. The third kappa shape index (κ3) is 2.91. The van der Waals surface area contributed by atoms with Crippen LogP contribution in [0.15, 0.2) is 36.4 Å². The molecule has 0 spiro atoms. The summed E-state index contributed by atoms with van der Waals surface area (Å²) >= 11 is 5.71. The molecule has 0 radical (unpaired) electrons. The smallest absolute Gasteiger partial charge is 0.336 e. The number of aromatic carboxylic acids is 1. The Morgan fingerprint density at radius 2 is 2.00 bits per heavy atom. The first kappa shape index (κ1) is 14.3. The van der Waals surface area contributed by atoms with Crippen molar-refractivity contribution in [2.24, 2.45) is 0 Å². The summed E-state index contributed by atoms with van der Waals surface area (Å²) in [5.41, 5.74) is 1.92. The van der Waals surface area contributed by atoms with Crippen molar-refractivity contribution in [3.05, 3.63) is 63.9 Å².